The molecule has 0 unspecified atom stereocenters. The summed E-state index contributed by atoms with van der Waals surface area (Å²) in [6, 6.07) is 0. The maximum absolute atomic E-state index is 5.11. The highest BCUT2D eigenvalue weighted by molar-refractivity contribution is 4.86. The van der Waals surface area contributed by atoms with E-state index in [4.69, 9.17) is 6.42 Å². The van der Waals surface area contributed by atoms with Gasteiger partial charge in [-0.25, -0.2) is 0 Å². The molecule has 0 bridgehead atoms. The number of terminal acetylenes is 1. The van der Waals surface area contributed by atoms with Crippen LogP contribution < -0.4 is 5.32 Å². The predicted octanol–water partition coefficient (Wildman–Crippen LogP) is 2.96. The molecule has 0 aliphatic rings. The van der Waals surface area contributed by atoms with E-state index in [1.54, 1.807) is 0 Å². The Morgan fingerprint density at radius 3 is 2.23 bits per heavy atom. The van der Waals surface area contributed by atoms with Gasteiger partial charge in [0.2, 0.25) is 0 Å². The van der Waals surface area contributed by atoms with Crippen molar-refractivity contribution in [2.45, 2.75) is 51.9 Å². The van der Waals surface area contributed by atoms with E-state index in [1.807, 2.05) is 0 Å². The second-order valence-corrected chi connectivity index (χ2v) is 3.50. The van der Waals surface area contributed by atoms with Crippen LogP contribution in [-0.2, 0) is 0 Å². The summed E-state index contributed by atoms with van der Waals surface area (Å²) in [6.07, 6.45) is 14.7. The topological polar surface area (TPSA) is 12.0 Å². The van der Waals surface area contributed by atoms with Crippen molar-refractivity contribution in [3.63, 3.8) is 0 Å². The molecule has 0 saturated heterocycles. The van der Waals surface area contributed by atoms with E-state index < -0.39 is 0 Å². The first-order valence-corrected chi connectivity index (χ1v) is 5.56. The Morgan fingerprint density at radius 2 is 1.62 bits per heavy atom. The fourth-order valence-electron chi connectivity index (χ4n) is 1.37. The fraction of sp³-hybridized carbons (Fsp3) is 0.833. The van der Waals surface area contributed by atoms with E-state index >= 15 is 0 Å². The van der Waals surface area contributed by atoms with Crippen LogP contribution in [-0.4, -0.2) is 13.1 Å². The molecular formula is C12H23N. The van der Waals surface area contributed by atoms with Crippen molar-refractivity contribution < 1.29 is 0 Å². The molecule has 0 aromatic rings. The molecule has 0 aromatic heterocycles. The van der Waals surface area contributed by atoms with E-state index in [0.717, 1.165) is 13.1 Å². The molecule has 0 atom stereocenters. The lowest BCUT2D eigenvalue weighted by Crippen LogP contribution is -2.14. The maximum atomic E-state index is 5.11. The van der Waals surface area contributed by atoms with Crippen LogP contribution in [0.2, 0.25) is 0 Å². The molecule has 0 fully saturated rings. The molecule has 13 heavy (non-hydrogen) atoms. The Hall–Kier alpha value is -0.480. The van der Waals surface area contributed by atoms with Crippen molar-refractivity contribution in [2.24, 2.45) is 0 Å². The smallest absolute Gasteiger partial charge is 0.0573 e. The second kappa shape index (κ2) is 11.5. The highest BCUT2D eigenvalue weighted by Crippen LogP contribution is 2.05. The number of hydrogen-bond donors (Lipinski definition) is 1. The van der Waals surface area contributed by atoms with Crippen molar-refractivity contribution in [3.05, 3.63) is 0 Å². The normalized spacial score (nSPS) is 9.85. The van der Waals surface area contributed by atoms with Gasteiger partial charge < -0.3 is 5.32 Å². The predicted molar refractivity (Wildman–Crippen MR) is 59.7 cm³/mol. The summed E-state index contributed by atoms with van der Waals surface area (Å²) >= 11 is 0. The highest BCUT2D eigenvalue weighted by Gasteiger charge is 1.89. The molecule has 0 radical (unpaired) electrons. The summed E-state index contributed by atoms with van der Waals surface area (Å²) in [4.78, 5) is 0. The quantitative estimate of drug-likeness (QED) is 0.426. The third kappa shape index (κ3) is 11.5. The summed E-state index contributed by atoms with van der Waals surface area (Å²) in [5, 5.41) is 3.20. The van der Waals surface area contributed by atoms with Gasteiger partial charge in [0.15, 0.2) is 0 Å². The third-order valence-electron chi connectivity index (χ3n) is 2.18. The molecule has 0 saturated carbocycles. The first-order valence-electron chi connectivity index (χ1n) is 5.56. The average molecular weight is 181 g/mol. The SMILES string of the molecule is C#CCNCCCCCCCCC. The summed E-state index contributed by atoms with van der Waals surface area (Å²) in [5.74, 6) is 2.58. The van der Waals surface area contributed by atoms with Gasteiger partial charge in [0.1, 0.15) is 0 Å². The molecule has 76 valence electrons. The zero-order chi connectivity index (χ0) is 9.78. The summed E-state index contributed by atoms with van der Waals surface area (Å²) in [5.41, 5.74) is 0. The molecular weight excluding hydrogens is 158 g/mol. The van der Waals surface area contributed by atoms with E-state index in [1.165, 1.54) is 44.9 Å². The molecule has 1 nitrogen and oxygen atoms in total. The lowest BCUT2D eigenvalue weighted by atomic mass is 10.1. The van der Waals surface area contributed by atoms with E-state index in [2.05, 4.69) is 18.2 Å². The zero-order valence-corrected chi connectivity index (χ0v) is 8.94. The number of nitrogens with one attached hydrogen (secondary N) is 1. The highest BCUT2D eigenvalue weighted by atomic mass is 14.8. The van der Waals surface area contributed by atoms with E-state index in [-0.39, 0.29) is 0 Å². The largest absolute Gasteiger partial charge is 0.306 e. The number of hydrogen-bond acceptors (Lipinski definition) is 1. The molecule has 0 spiro atoms. The Labute approximate surface area is 83.3 Å². The standard InChI is InChI=1S/C12H23N/c1-3-5-6-7-8-9-10-12-13-11-4-2/h2,13H,3,5-12H2,1H3. The number of unbranched alkanes of at least 4 members (excludes halogenated alkanes) is 6. The first kappa shape index (κ1) is 12.5. The minimum absolute atomic E-state index is 0.718. The Balaban J connectivity index is 2.80. The molecule has 0 heterocycles. The van der Waals surface area contributed by atoms with Crippen molar-refractivity contribution in [1.29, 1.82) is 0 Å². The second-order valence-electron chi connectivity index (χ2n) is 3.50. The number of rotatable bonds is 9. The molecule has 0 amide bonds. The van der Waals surface area contributed by atoms with Gasteiger partial charge in [-0.3, -0.25) is 0 Å². The van der Waals surface area contributed by atoms with Gasteiger partial charge in [0, 0.05) is 0 Å². The van der Waals surface area contributed by atoms with Crippen LogP contribution in [0.4, 0.5) is 0 Å². The van der Waals surface area contributed by atoms with Gasteiger partial charge in [-0.1, -0.05) is 51.4 Å². The first-order chi connectivity index (χ1) is 6.41. The van der Waals surface area contributed by atoms with Gasteiger partial charge in [-0.15, -0.1) is 6.42 Å². The molecule has 0 rings (SSSR count). The lowest BCUT2D eigenvalue weighted by molar-refractivity contribution is 0.574. The van der Waals surface area contributed by atoms with Gasteiger partial charge in [0.05, 0.1) is 6.54 Å². The van der Waals surface area contributed by atoms with Gasteiger partial charge in [-0.2, -0.15) is 0 Å². The summed E-state index contributed by atoms with van der Waals surface area (Å²) in [6.45, 7) is 4.05. The van der Waals surface area contributed by atoms with E-state index in [9.17, 15) is 0 Å². The Bertz CT molecular complexity index is 124. The lowest BCUT2D eigenvalue weighted by Gasteiger charge is -2.01. The maximum Gasteiger partial charge on any atom is 0.0573 e. The summed E-state index contributed by atoms with van der Waals surface area (Å²) in [7, 11) is 0. The zero-order valence-electron chi connectivity index (χ0n) is 8.94. The van der Waals surface area contributed by atoms with Gasteiger partial charge in [0.25, 0.3) is 0 Å². The van der Waals surface area contributed by atoms with Crippen molar-refractivity contribution in [1.82, 2.24) is 5.32 Å². The van der Waals surface area contributed by atoms with Crippen molar-refractivity contribution in [2.75, 3.05) is 13.1 Å². The van der Waals surface area contributed by atoms with Crippen LogP contribution in [0.5, 0.6) is 0 Å². The van der Waals surface area contributed by atoms with Gasteiger partial charge in [-0.05, 0) is 13.0 Å². The minimum Gasteiger partial charge on any atom is -0.306 e. The Kier molecular flexibility index (Phi) is 11.1. The molecule has 1 N–H and O–H groups in total. The Morgan fingerprint density at radius 1 is 1.00 bits per heavy atom. The molecule has 0 aliphatic carbocycles. The van der Waals surface area contributed by atoms with Crippen LogP contribution in [0.15, 0.2) is 0 Å². The van der Waals surface area contributed by atoms with Crippen LogP contribution in [0.3, 0.4) is 0 Å². The minimum atomic E-state index is 0.718. The summed E-state index contributed by atoms with van der Waals surface area (Å²) < 4.78 is 0. The van der Waals surface area contributed by atoms with Crippen LogP contribution in [0, 0.1) is 12.3 Å². The molecule has 0 aromatic carbocycles. The van der Waals surface area contributed by atoms with Crippen LogP contribution in [0.25, 0.3) is 0 Å². The fourth-order valence-corrected chi connectivity index (χ4v) is 1.37. The third-order valence-corrected chi connectivity index (χ3v) is 2.18. The van der Waals surface area contributed by atoms with Crippen LogP contribution >= 0.6 is 0 Å². The average Bonchev–Trinajstić information content (AvgIpc) is 2.16. The molecule has 1 heteroatoms. The monoisotopic (exact) mass is 181 g/mol. The molecule has 0 aliphatic heterocycles. The van der Waals surface area contributed by atoms with E-state index in [0.29, 0.717) is 0 Å². The van der Waals surface area contributed by atoms with Gasteiger partial charge >= 0.3 is 0 Å². The van der Waals surface area contributed by atoms with Crippen LogP contribution in [0.1, 0.15) is 51.9 Å². The van der Waals surface area contributed by atoms with Crippen molar-refractivity contribution >= 4 is 0 Å². The van der Waals surface area contributed by atoms with Crippen molar-refractivity contribution in [3.8, 4) is 12.3 Å².